The molecular weight excluding hydrogens is 319 g/mol. The third-order valence-electron chi connectivity index (χ3n) is 4.33. The standard InChI is InChI=1S/C20H21FN2O2/c1-14(2)23-18-9-4-3-8-17(18)22(13-20(23)25)19(24)11-10-15-6-5-7-16(21)12-15/h3-9,12,14H,10-11,13H2,1-2H3. The Hall–Kier alpha value is -2.69. The number of benzene rings is 2. The van der Waals surface area contributed by atoms with Crippen molar-refractivity contribution in [3.63, 3.8) is 0 Å². The summed E-state index contributed by atoms with van der Waals surface area (Å²) in [6.07, 6.45) is 0.671. The number of anilines is 2. The van der Waals surface area contributed by atoms with E-state index in [1.54, 1.807) is 17.0 Å². The largest absolute Gasteiger partial charge is 0.306 e. The van der Waals surface area contributed by atoms with Crippen LogP contribution in [0.2, 0.25) is 0 Å². The molecule has 2 aromatic carbocycles. The normalized spacial score (nSPS) is 14.0. The maximum absolute atomic E-state index is 13.3. The average molecular weight is 340 g/mol. The van der Waals surface area contributed by atoms with Crippen LogP contribution in [0.25, 0.3) is 0 Å². The maximum atomic E-state index is 13.3. The molecule has 25 heavy (non-hydrogen) atoms. The number of halogens is 1. The van der Waals surface area contributed by atoms with Gasteiger partial charge < -0.3 is 9.80 Å². The molecule has 0 saturated carbocycles. The second-order valence-electron chi connectivity index (χ2n) is 6.46. The number of para-hydroxylation sites is 2. The SMILES string of the molecule is CC(C)N1C(=O)CN(C(=O)CCc2cccc(F)c2)c2ccccc21. The van der Waals surface area contributed by atoms with Gasteiger partial charge in [-0.15, -0.1) is 0 Å². The Balaban J connectivity index is 1.80. The lowest BCUT2D eigenvalue weighted by molar-refractivity contribution is -0.123. The van der Waals surface area contributed by atoms with Crippen LogP contribution in [0.15, 0.2) is 48.5 Å². The number of hydrogen-bond acceptors (Lipinski definition) is 2. The summed E-state index contributed by atoms with van der Waals surface area (Å²) < 4.78 is 13.3. The number of carbonyl (C=O) groups is 2. The molecule has 0 bridgehead atoms. The molecule has 1 aliphatic rings. The Labute approximate surface area is 146 Å². The predicted molar refractivity (Wildman–Crippen MR) is 96.1 cm³/mol. The van der Waals surface area contributed by atoms with Gasteiger partial charge in [0.1, 0.15) is 12.4 Å². The van der Waals surface area contributed by atoms with Crippen molar-refractivity contribution in [2.75, 3.05) is 16.3 Å². The van der Waals surface area contributed by atoms with Crippen molar-refractivity contribution in [1.82, 2.24) is 0 Å². The molecule has 0 saturated heterocycles. The van der Waals surface area contributed by atoms with Gasteiger partial charge in [-0.3, -0.25) is 9.59 Å². The maximum Gasteiger partial charge on any atom is 0.247 e. The Kier molecular flexibility index (Phi) is 4.83. The summed E-state index contributed by atoms with van der Waals surface area (Å²) in [6.45, 7) is 3.95. The fourth-order valence-corrected chi connectivity index (χ4v) is 3.19. The molecular formula is C20H21FN2O2. The van der Waals surface area contributed by atoms with Crippen molar-refractivity contribution in [3.8, 4) is 0 Å². The highest BCUT2D eigenvalue weighted by atomic mass is 19.1. The van der Waals surface area contributed by atoms with E-state index < -0.39 is 0 Å². The molecule has 0 N–H and O–H groups in total. The second kappa shape index (κ2) is 7.05. The Morgan fingerprint density at radius 3 is 2.52 bits per heavy atom. The fourth-order valence-electron chi connectivity index (χ4n) is 3.19. The van der Waals surface area contributed by atoms with E-state index in [1.807, 2.05) is 38.1 Å². The van der Waals surface area contributed by atoms with Crippen molar-refractivity contribution in [2.45, 2.75) is 32.7 Å². The lowest BCUT2D eigenvalue weighted by atomic mass is 10.1. The summed E-state index contributed by atoms with van der Waals surface area (Å²) in [5.74, 6) is -0.530. The van der Waals surface area contributed by atoms with Crippen LogP contribution in [0.5, 0.6) is 0 Å². The number of aryl methyl sites for hydroxylation is 1. The van der Waals surface area contributed by atoms with Crippen LogP contribution in [0.3, 0.4) is 0 Å². The number of nitrogens with zero attached hydrogens (tertiary/aromatic N) is 2. The van der Waals surface area contributed by atoms with Gasteiger partial charge >= 0.3 is 0 Å². The van der Waals surface area contributed by atoms with Crippen LogP contribution in [-0.4, -0.2) is 24.4 Å². The molecule has 2 amide bonds. The van der Waals surface area contributed by atoms with Gasteiger partial charge in [-0.2, -0.15) is 0 Å². The van der Waals surface area contributed by atoms with Crippen LogP contribution in [-0.2, 0) is 16.0 Å². The molecule has 2 aromatic rings. The molecule has 0 aromatic heterocycles. The highest BCUT2D eigenvalue weighted by molar-refractivity contribution is 6.11. The quantitative estimate of drug-likeness (QED) is 0.854. The van der Waals surface area contributed by atoms with Crippen molar-refractivity contribution in [3.05, 3.63) is 59.9 Å². The first-order valence-corrected chi connectivity index (χ1v) is 8.43. The molecule has 4 nitrogen and oxygen atoms in total. The molecule has 0 aliphatic carbocycles. The highest BCUT2D eigenvalue weighted by Gasteiger charge is 2.33. The smallest absolute Gasteiger partial charge is 0.247 e. The minimum atomic E-state index is -0.309. The molecule has 0 unspecified atom stereocenters. The van der Waals surface area contributed by atoms with E-state index in [0.717, 1.165) is 16.9 Å². The van der Waals surface area contributed by atoms with Crippen LogP contribution < -0.4 is 9.80 Å². The first-order chi connectivity index (χ1) is 12.0. The number of rotatable bonds is 4. The third-order valence-corrected chi connectivity index (χ3v) is 4.33. The van der Waals surface area contributed by atoms with E-state index in [-0.39, 0.29) is 36.6 Å². The summed E-state index contributed by atoms with van der Waals surface area (Å²) in [4.78, 5) is 28.5. The van der Waals surface area contributed by atoms with Gasteiger partial charge in [0.15, 0.2) is 0 Å². The lowest BCUT2D eigenvalue weighted by Crippen LogP contribution is -2.50. The molecule has 1 aliphatic heterocycles. The van der Waals surface area contributed by atoms with Gasteiger partial charge in [-0.25, -0.2) is 4.39 Å². The number of amides is 2. The topological polar surface area (TPSA) is 40.6 Å². The molecule has 130 valence electrons. The van der Waals surface area contributed by atoms with Gasteiger partial charge in [-0.1, -0.05) is 24.3 Å². The van der Waals surface area contributed by atoms with Crippen LogP contribution in [0.4, 0.5) is 15.8 Å². The van der Waals surface area contributed by atoms with E-state index in [1.165, 1.54) is 17.0 Å². The molecule has 3 rings (SSSR count). The Bertz CT molecular complexity index is 804. The van der Waals surface area contributed by atoms with E-state index >= 15 is 0 Å². The van der Waals surface area contributed by atoms with Gasteiger partial charge in [0.25, 0.3) is 0 Å². The Morgan fingerprint density at radius 2 is 1.84 bits per heavy atom. The Morgan fingerprint density at radius 1 is 1.12 bits per heavy atom. The minimum absolute atomic E-state index is 0.0261. The van der Waals surface area contributed by atoms with Gasteiger partial charge in [-0.05, 0) is 50.1 Å². The second-order valence-corrected chi connectivity index (χ2v) is 6.46. The summed E-state index contributed by atoms with van der Waals surface area (Å²) in [5, 5.41) is 0. The van der Waals surface area contributed by atoms with Crippen LogP contribution in [0.1, 0.15) is 25.8 Å². The van der Waals surface area contributed by atoms with Gasteiger partial charge in [0.2, 0.25) is 11.8 Å². The zero-order chi connectivity index (χ0) is 18.0. The highest BCUT2D eigenvalue weighted by Crippen LogP contribution is 2.35. The first-order valence-electron chi connectivity index (χ1n) is 8.43. The number of hydrogen-bond donors (Lipinski definition) is 0. The lowest BCUT2D eigenvalue weighted by Gasteiger charge is -2.38. The first kappa shape index (κ1) is 17.1. The zero-order valence-corrected chi connectivity index (χ0v) is 14.4. The van der Waals surface area contributed by atoms with E-state index in [4.69, 9.17) is 0 Å². The molecule has 1 heterocycles. The van der Waals surface area contributed by atoms with Crippen molar-refractivity contribution >= 4 is 23.2 Å². The molecule has 0 spiro atoms. The van der Waals surface area contributed by atoms with Gasteiger partial charge in [0.05, 0.1) is 11.4 Å². The summed E-state index contributed by atoms with van der Waals surface area (Å²) in [5.41, 5.74) is 2.28. The van der Waals surface area contributed by atoms with Crippen molar-refractivity contribution in [2.24, 2.45) is 0 Å². The van der Waals surface area contributed by atoms with Crippen LogP contribution in [0, 0.1) is 5.82 Å². The summed E-state index contributed by atoms with van der Waals surface area (Å²) in [6, 6.07) is 13.7. The van der Waals surface area contributed by atoms with E-state index in [9.17, 15) is 14.0 Å². The summed E-state index contributed by atoms with van der Waals surface area (Å²) in [7, 11) is 0. The van der Waals surface area contributed by atoms with Crippen molar-refractivity contribution < 1.29 is 14.0 Å². The average Bonchev–Trinajstić information content (AvgIpc) is 2.58. The minimum Gasteiger partial charge on any atom is -0.306 e. The van der Waals surface area contributed by atoms with Gasteiger partial charge in [0, 0.05) is 12.5 Å². The molecule has 5 heteroatoms. The third kappa shape index (κ3) is 3.55. The van der Waals surface area contributed by atoms with Crippen LogP contribution >= 0.6 is 0 Å². The summed E-state index contributed by atoms with van der Waals surface area (Å²) >= 11 is 0. The molecule has 0 atom stereocenters. The number of fused-ring (bicyclic) bond motifs is 1. The number of carbonyl (C=O) groups excluding carboxylic acids is 2. The molecule has 0 radical (unpaired) electrons. The van der Waals surface area contributed by atoms with E-state index in [2.05, 4.69) is 0 Å². The van der Waals surface area contributed by atoms with E-state index in [0.29, 0.717) is 6.42 Å². The van der Waals surface area contributed by atoms with Crippen molar-refractivity contribution in [1.29, 1.82) is 0 Å². The monoisotopic (exact) mass is 340 g/mol. The predicted octanol–water partition coefficient (Wildman–Crippen LogP) is 3.55. The fraction of sp³-hybridized carbons (Fsp3) is 0.300. The molecule has 0 fully saturated rings. The zero-order valence-electron chi connectivity index (χ0n) is 14.4.